The van der Waals surface area contributed by atoms with Crippen LogP contribution < -0.4 is 25.4 Å². The van der Waals surface area contributed by atoms with Crippen LogP contribution >= 0.6 is 12.2 Å². The Morgan fingerprint density at radius 2 is 1.59 bits per heavy atom. The van der Waals surface area contributed by atoms with Crippen molar-refractivity contribution in [1.29, 1.82) is 5.26 Å². The van der Waals surface area contributed by atoms with Gasteiger partial charge in [0.25, 0.3) is 5.91 Å². The number of nitriles is 1. The zero-order valence-corrected chi connectivity index (χ0v) is 19.6. The van der Waals surface area contributed by atoms with Crippen molar-refractivity contribution in [2.45, 2.75) is 13.0 Å². The molecule has 0 saturated carbocycles. The Bertz CT molecular complexity index is 1240. The van der Waals surface area contributed by atoms with E-state index in [0.717, 1.165) is 5.56 Å². The van der Waals surface area contributed by atoms with Gasteiger partial charge in [-0.2, -0.15) is 5.26 Å². The molecule has 0 heterocycles. The van der Waals surface area contributed by atoms with Gasteiger partial charge < -0.3 is 25.4 Å². The first kappa shape index (κ1) is 24.5. The smallest absolute Gasteiger partial charge is 0.258 e. The molecule has 0 aliphatic rings. The van der Waals surface area contributed by atoms with Crippen LogP contribution in [-0.4, -0.2) is 25.2 Å². The van der Waals surface area contributed by atoms with Crippen LogP contribution in [0.5, 0.6) is 11.5 Å². The first-order chi connectivity index (χ1) is 16.4. The van der Waals surface area contributed by atoms with Gasteiger partial charge in [-0.1, -0.05) is 24.3 Å². The lowest BCUT2D eigenvalue weighted by molar-refractivity contribution is 0.102. The number of nitrogens with zero attached hydrogens (tertiary/aromatic N) is 1. The van der Waals surface area contributed by atoms with E-state index in [9.17, 15) is 9.18 Å². The predicted molar refractivity (Wildman–Crippen MR) is 133 cm³/mol. The molecule has 3 N–H and O–H groups in total. The van der Waals surface area contributed by atoms with Crippen molar-refractivity contribution >= 4 is 34.6 Å². The molecule has 0 aliphatic carbocycles. The number of benzene rings is 3. The van der Waals surface area contributed by atoms with Crippen LogP contribution in [0.2, 0.25) is 0 Å². The molecular formula is C25H23FN4O3S. The van der Waals surface area contributed by atoms with E-state index in [4.69, 9.17) is 27.0 Å². The van der Waals surface area contributed by atoms with E-state index in [1.54, 1.807) is 30.3 Å². The summed E-state index contributed by atoms with van der Waals surface area (Å²) in [6.45, 7) is 1.94. The summed E-state index contributed by atoms with van der Waals surface area (Å²) in [6.07, 6.45) is 0. The van der Waals surface area contributed by atoms with E-state index >= 15 is 0 Å². The Morgan fingerprint density at radius 1 is 1.00 bits per heavy atom. The van der Waals surface area contributed by atoms with Gasteiger partial charge in [-0.05, 0) is 49.0 Å². The highest BCUT2D eigenvalue weighted by molar-refractivity contribution is 7.80. The average Bonchev–Trinajstić information content (AvgIpc) is 2.84. The molecule has 0 aromatic heterocycles. The molecule has 0 radical (unpaired) electrons. The highest BCUT2D eigenvalue weighted by Crippen LogP contribution is 2.36. The summed E-state index contributed by atoms with van der Waals surface area (Å²) >= 11 is 5.45. The van der Waals surface area contributed by atoms with Crippen molar-refractivity contribution in [3.63, 3.8) is 0 Å². The van der Waals surface area contributed by atoms with Gasteiger partial charge in [-0.15, -0.1) is 0 Å². The fourth-order valence-corrected chi connectivity index (χ4v) is 3.50. The van der Waals surface area contributed by atoms with Gasteiger partial charge in [0.2, 0.25) is 0 Å². The van der Waals surface area contributed by atoms with Gasteiger partial charge in [-0.25, -0.2) is 4.39 Å². The molecule has 0 spiro atoms. The standard InChI is InChI=1S/C25H23FN4O3S/c1-15(17-10-8-16(14-27)9-11-17)28-25(34)30-21-13-22(32-2)20(12-23(21)33-3)29-24(31)18-6-4-5-7-19(18)26/h4-13,15H,1-3H3,(H,29,31)(H2,28,30,34). The Morgan fingerprint density at radius 3 is 2.15 bits per heavy atom. The number of ether oxygens (including phenoxy) is 2. The normalized spacial score (nSPS) is 11.0. The molecule has 3 aromatic rings. The lowest BCUT2D eigenvalue weighted by Crippen LogP contribution is -2.31. The summed E-state index contributed by atoms with van der Waals surface area (Å²) in [4.78, 5) is 12.6. The molecule has 174 valence electrons. The van der Waals surface area contributed by atoms with E-state index in [1.165, 1.54) is 32.4 Å². The van der Waals surface area contributed by atoms with Crippen LogP contribution in [0.25, 0.3) is 0 Å². The van der Waals surface area contributed by atoms with E-state index in [-0.39, 0.29) is 11.6 Å². The molecular weight excluding hydrogens is 455 g/mol. The number of thiocarbonyl (C=S) groups is 1. The first-order valence-corrected chi connectivity index (χ1v) is 10.7. The van der Waals surface area contributed by atoms with E-state index in [2.05, 4.69) is 22.0 Å². The molecule has 0 aliphatic heterocycles. The second-order valence-electron chi connectivity index (χ2n) is 7.24. The van der Waals surface area contributed by atoms with Crippen LogP contribution in [0.3, 0.4) is 0 Å². The number of carbonyl (C=O) groups excluding carboxylic acids is 1. The maximum atomic E-state index is 14.0. The summed E-state index contributed by atoms with van der Waals surface area (Å²) in [5, 5.41) is 18.2. The zero-order chi connectivity index (χ0) is 24.7. The third-order valence-electron chi connectivity index (χ3n) is 5.02. The third kappa shape index (κ3) is 5.79. The Hall–Kier alpha value is -4.16. The number of anilines is 2. The van der Waals surface area contributed by atoms with Crippen molar-refractivity contribution in [3.8, 4) is 17.6 Å². The summed E-state index contributed by atoms with van der Waals surface area (Å²) < 4.78 is 24.8. The number of amides is 1. The maximum absolute atomic E-state index is 14.0. The second-order valence-corrected chi connectivity index (χ2v) is 7.65. The van der Waals surface area contributed by atoms with Crippen LogP contribution in [0, 0.1) is 17.1 Å². The fraction of sp³-hybridized carbons (Fsp3) is 0.160. The van der Waals surface area contributed by atoms with Crippen LogP contribution in [0.4, 0.5) is 15.8 Å². The number of carbonyl (C=O) groups is 1. The van der Waals surface area contributed by atoms with E-state index in [1.807, 2.05) is 19.1 Å². The number of methoxy groups -OCH3 is 2. The fourth-order valence-electron chi connectivity index (χ4n) is 3.21. The molecule has 34 heavy (non-hydrogen) atoms. The van der Waals surface area contributed by atoms with Gasteiger partial charge in [0.1, 0.15) is 17.3 Å². The number of nitrogens with one attached hydrogen (secondary N) is 3. The summed E-state index contributed by atoms with van der Waals surface area (Å²) in [7, 11) is 2.93. The zero-order valence-electron chi connectivity index (χ0n) is 18.8. The topological polar surface area (TPSA) is 95.4 Å². The Kier molecular flexibility index (Phi) is 8.01. The average molecular weight is 479 g/mol. The number of hydrogen-bond donors (Lipinski definition) is 3. The lowest BCUT2D eigenvalue weighted by Gasteiger charge is -2.20. The van der Waals surface area contributed by atoms with Gasteiger partial charge in [0.15, 0.2) is 5.11 Å². The minimum atomic E-state index is -0.628. The molecule has 0 fully saturated rings. The van der Waals surface area contributed by atoms with Crippen LogP contribution in [0.1, 0.15) is 34.5 Å². The van der Waals surface area contributed by atoms with Crippen molar-refractivity contribution in [1.82, 2.24) is 5.32 Å². The minimum absolute atomic E-state index is 0.0899. The molecule has 1 amide bonds. The molecule has 7 nitrogen and oxygen atoms in total. The number of hydrogen-bond acceptors (Lipinski definition) is 5. The molecule has 3 aromatic carbocycles. The predicted octanol–water partition coefficient (Wildman–Crippen LogP) is 5.01. The largest absolute Gasteiger partial charge is 0.494 e. The molecule has 9 heteroatoms. The quantitative estimate of drug-likeness (QED) is 0.411. The van der Waals surface area contributed by atoms with Gasteiger partial charge in [-0.3, -0.25) is 4.79 Å². The Labute approximate surface area is 202 Å². The molecule has 0 bridgehead atoms. The summed E-state index contributed by atoms with van der Waals surface area (Å²) in [6, 6.07) is 18.0. The summed E-state index contributed by atoms with van der Waals surface area (Å²) in [5.41, 5.74) is 2.26. The first-order valence-electron chi connectivity index (χ1n) is 10.3. The van der Waals surface area contributed by atoms with E-state index in [0.29, 0.717) is 33.5 Å². The molecule has 1 atom stereocenters. The second kappa shape index (κ2) is 11.1. The monoisotopic (exact) mass is 478 g/mol. The number of rotatable bonds is 7. The molecule has 0 saturated heterocycles. The summed E-state index contributed by atoms with van der Waals surface area (Å²) in [5.74, 6) is -0.527. The SMILES string of the molecule is COc1cc(NC(=S)NC(C)c2ccc(C#N)cc2)c(OC)cc1NC(=O)c1ccccc1F. The highest BCUT2D eigenvalue weighted by Gasteiger charge is 2.17. The van der Waals surface area contributed by atoms with Crippen molar-refractivity contribution < 1.29 is 18.7 Å². The third-order valence-corrected chi connectivity index (χ3v) is 5.24. The van der Waals surface area contributed by atoms with Crippen LogP contribution in [0.15, 0.2) is 60.7 Å². The van der Waals surface area contributed by atoms with Crippen molar-refractivity contribution in [2.75, 3.05) is 24.9 Å². The maximum Gasteiger partial charge on any atom is 0.258 e. The van der Waals surface area contributed by atoms with Crippen molar-refractivity contribution in [3.05, 3.63) is 83.2 Å². The molecule has 1 unspecified atom stereocenters. The molecule has 3 rings (SSSR count). The Balaban J connectivity index is 1.76. The van der Waals surface area contributed by atoms with Gasteiger partial charge >= 0.3 is 0 Å². The lowest BCUT2D eigenvalue weighted by atomic mass is 10.1. The highest BCUT2D eigenvalue weighted by atomic mass is 32.1. The number of halogens is 1. The van der Waals surface area contributed by atoms with Gasteiger partial charge in [0, 0.05) is 12.1 Å². The van der Waals surface area contributed by atoms with Gasteiger partial charge in [0.05, 0.1) is 48.8 Å². The van der Waals surface area contributed by atoms with Crippen LogP contribution in [-0.2, 0) is 0 Å². The van der Waals surface area contributed by atoms with Crippen molar-refractivity contribution in [2.24, 2.45) is 0 Å². The van der Waals surface area contributed by atoms with E-state index < -0.39 is 11.7 Å². The minimum Gasteiger partial charge on any atom is -0.494 e.